The van der Waals surface area contributed by atoms with Crippen LogP contribution < -0.4 is 0 Å². The topological polar surface area (TPSA) is 48.0 Å². The fourth-order valence-corrected chi connectivity index (χ4v) is 1.19. The smallest absolute Gasteiger partial charge is 0.320 e. The third-order valence-corrected chi connectivity index (χ3v) is 1.96. The summed E-state index contributed by atoms with van der Waals surface area (Å²) in [5.74, 6) is -0.176. The lowest BCUT2D eigenvalue weighted by molar-refractivity contribution is -0.144. The molecule has 0 heterocycles. The van der Waals surface area contributed by atoms with E-state index >= 15 is 0 Å². The number of esters is 1. The van der Waals surface area contributed by atoms with Gasteiger partial charge in [-0.3, -0.25) is 9.69 Å². The second-order valence-electron chi connectivity index (χ2n) is 3.50. The van der Waals surface area contributed by atoms with E-state index in [-0.39, 0.29) is 5.97 Å². The second kappa shape index (κ2) is 10.9. The van der Waals surface area contributed by atoms with Crippen molar-refractivity contribution in [2.24, 2.45) is 0 Å². The Kier molecular flexibility index (Phi) is 10.4. The minimum Gasteiger partial charge on any atom is -0.465 e. The molecule has 0 atom stereocenters. The fourth-order valence-electron chi connectivity index (χ4n) is 1.19. The predicted octanol–water partition coefficient (Wildman–Crippen LogP) is 0.534. The Bertz CT molecular complexity index is 175. The maximum Gasteiger partial charge on any atom is 0.320 e. The van der Waals surface area contributed by atoms with Crippen LogP contribution in [-0.4, -0.2) is 64.5 Å². The summed E-state index contributed by atoms with van der Waals surface area (Å²) >= 11 is 0. The van der Waals surface area contributed by atoms with Crippen molar-refractivity contribution in [2.45, 2.75) is 13.3 Å². The fraction of sp³-hybridized carbons (Fsp3) is 0.909. The molecule has 0 aliphatic rings. The molecule has 5 heteroatoms. The maximum absolute atomic E-state index is 11.1. The van der Waals surface area contributed by atoms with Crippen molar-refractivity contribution >= 4 is 5.97 Å². The van der Waals surface area contributed by atoms with Crippen LogP contribution in [0.1, 0.15) is 13.3 Å². The quantitative estimate of drug-likeness (QED) is 0.407. The van der Waals surface area contributed by atoms with E-state index in [0.29, 0.717) is 33.0 Å². The first-order chi connectivity index (χ1) is 7.70. The highest BCUT2D eigenvalue weighted by Crippen LogP contribution is 1.90. The number of carbonyl (C=O) groups excluding carboxylic acids is 1. The second-order valence-corrected chi connectivity index (χ2v) is 3.50. The average Bonchev–Trinajstić information content (AvgIpc) is 2.23. The van der Waals surface area contributed by atoms with Crippen molar-refractivity contribution in [3.8, 4) is 0 Å². The number of hydrogen-bond donors (Lipinski definition) is 0. The Labute approximate surface area is 97.7 Å². The molecule has 0 saturated carbocycles. The van der Waals surface area contributed by atoms with Crippen LogP contribution in [0.3, 0.4) is 0 Å². The van der Waals surface area contributed by atoms with E-state index in [1.54, 1.807) is 7.11 Å². The van der Waals surface area contributed by atoms with Gasteiger partial charge in [-0.1, -0.05) is 0 Å². The predicted molar refractivity (Wildman–Crippen MR) is 61.4 cm³/mol. The van der Waals surface area contributed by atoms with E-state index in [2.05, 4.69) is 0 Å². The molecular weight excluding hydrogens is 210 g/mol. The molecule has 5 nitrogen and oxygen atoms in total. The van der Waals surface area contributed by atoms with Crippen LogP contribution in [0.5, 0.6) is 0 Å². The van der Waals surface area contributed by atoms with Crippen molar-refractivity contribution in [3.63, 3.8) is 0 Å². The molecule has 0 spiro atoms. The summed E-state index contributed by atoms with van der Waals surface area (Å²) in [6, 6.07) is 0. The molecule has 0 bridgehead atoms. The molecule has 0 aromatic heterocycles. The third kappa shape index (κ3) is 9.89. The number of nitrogens with zero attached hydrogens (tertiary/aromatic N) is 1. The average molecular weight is 233 g/mol. The Balaban J connectivity index is 3.29. The van der Waals surface area contributed by atoms with Crippen LogP contribution in [0.4, 0.5) is 0 Å². The van der Waals surface area contributed by atoms with E-state index in [1.807, 2.05) is 18.9 Å². The zero-order valence-electron chi connectivity index (χ0n) is 10.5. The molecule has 0 rings (SSSR count). The largest absolute Gasteiger partial charge is 0.465 e. The molecule has 0 fully saturated rings. The van der Waals surface area contributed by atoms with Crippen LogP contribution in [-0.2, 0) is 19.0 Å². The standard InChI is InChI=1S/C11H23NO4/c1-4-16-11(13)10-12(2)6-5-7-15-9-8-14-3/h4-10H2,1-3H3. The van der Waals surface area contributed by atoms with Gasteiger partial charge >= 0.3 is 5.97 Å². The highest BCUT2D eigenvalue weighted by molar-refractivity contribution is 5.71. The molecule has 96 valence electrons. The van der Waals surface area contributed by atoms with E-state index < -0.39 is 0 Å². The molecule has 0 amide bonds. The minimum absolute atomic E-state index is 0.176. The first kappa shape index (κ1) is 15.3. The summed E-state index contributed by atoms with van der Waals surface area (Å²) in [7, 11) is 3.54. The Hall–Kier alpha value is -0.650. The summed E-state index contributed by atoms with van der Waals surface area (Å²) in [6.07, 6.45) is 0.902. The first-order valence-corrected chi connectivity index (χ1v) is 5.61. The molecule has 0 unspecified atom stereocenters. The Morgan fingerprint density at radius 2 is 2.00 bits per heavy atom. The summed E-state index contributed by atoms with van der Waals surface area (Å²) in [4.78, 5) is 13.0. The number of likely N-dealkylation sites (N-methyl/N-ethyl adjacent to an activating group) is 1. The van der Waals surface area contributed by atoms with Crippen molar-refractivity contribution in [1.29, 1.82) is 0 Å². The van der Waals surface area contributed by atoms with Gasteiger partial charge in [0.25, 0.3) is 0 Å². The van der Waals surface area contributed by atoms with Gasteiger partial charge in [-0.15, -0.1) is 0 Å². The van der Waals surface area contributed by atoms with Gasteiger partial charge in [0.1, 0.15) is 0 Å². The van der Waals surface area contributed by atoms with E-state index in [1.165, 1.54) is 0 Å². The van der Waals surface area contributed by atoms with Gasteiger partial charge in [0.2, 0.25) is 0 Å². The molecule has 0 aromatic carbocycles. The third-order valence-electron chi connectivity index (χ3n) is 1.96. The van der Waals surface area contributed by atoms with Crippen LogP contribution in [0.25, 0.3) is 0 Å². The number of carbonyl (C=O) groups is 1. The van der Waals surface area contributed by atoms with Gasteiger partial charge in [-0.25, -0.2) is 0 Å². The SMILES string of the molecule is CCOC(=O)CN(C)CCCOCCOC. The molecule has 0 N–H and O–H groups in total. The lowest BCUT2D eigenvalue weighted by Crippen LogP contribution is -2.28. The summed E-state index contributed by atoms with van der Waals surface area (Å²) < 4.78 is 15.0. The van der Waals surface area contributed by atoms with Gasteiger partial charge < -0.3 is 14.2 Å². The zero-order valence-corrected chi connectivity index (χ0v) is 10.5. The summed E-state index contributed by atoms with van der Waals surface area (Å²) in [5, 5.41) is 0. The van der Waals surface area contributed by atoms with Crippen molar-refractivity contribution in [1.82, 2.24) is 4.90 Å². The first-order valence-electron chi connectivity index (χ1n) is 5.61. The molecule has 0 aliphatic carbocycles. The van der Waals surface area contributed by atoms with E-state index in [9.17, 15) is 4.79 Å². The monoisotopic (exact) mass is 233 g/mol. The van der Waals surface area contributed by atoms with Gasteiger partial charge in [0.05, 0.1) is 26.4 Å². The lowest BCUT2D eigenvalue weighted by atomic mass is 10.4. The lowest BCUT2D eigenvalue weighted by Gasteiger charge is -2.15. The van der Waals surface area contributed by atoms with Crippen LogP contribution in [0, 0.1) is 0 Å². The highest BCUT2D eigenvalue weighted by Gasteiger charge is 2.06. The number of hydrogen-bond acceptors (Lipinski definition) is 5. The van der Waals surface area contributed by atoms with Crippen LogP contribution in [0.2, 0.25) is 0 Å². The summed E-state index contributed by atoms with van der Waals surface area (Å²) in [6.45, 7) is 5.35. The molecule has 0 saturated heterocycles. The number of rotatable bonds is 10. The van der Waals surface area contributed by atoms with Gasteiger partial charge in [-0.05, 0) is 20.4 Å². The van der Waals surface area contributed by atoms with E-state index in [4.69, 9.17) is 14.2 Å². The molecule has 16 heavy (non-hydrogen) atoms. The van der Waals surface area contributed by atoms with Gasteiger partial charge in [-0.2, -0.15) is 0 Å². The normalized spacial score (nSPS) is 10.8. The van der Waals surface area contributed by atoms with Crippen molar-refractivity contribution < 1.29 is 19.0 Å². The van der Waals surface area contributed by atoms with Crippen LogP contribution in [0.15, 0.2) is 0 Å². The van der Waals surface area contributed by atoms with Gasteiger partial charge in [0, 0.05) is 20.3 Å². The highest BCUT2D eigenvalue weighted by atomic mass is 16.5. The minimum atomic E-state index is -0.176. The molecular formula is C11H23NO4. The van der Waals surface area contributed by atoms with Gasteiger partial charge in [0.15, 0.2) is 0 Å². The number of methoxy groups -OCH3 is 1. The number of ether oxygens (including phenoxy) is 3. The summed E-state index contributed by atoms with van der Waals surface area (Å²) in [5.41, 5.74) is 0. The molecule has 0 aromatic rings. The van der Waals surface area contributed by atoms with E-state index in [0.717, 1.165) is 13.0 Å². The Morgan fingerprint density at radius 1 is 1.25 bits per heavy atom. The van der Waals surface area contributed by atoms with Crippen molar-refractivity contribution in [2.75, 3.05) is 53.7 Å². The Morgan fingerprint density at radius 3 is 2.62 bits per heavy atom. The molecule has 0 radical (unpaired) electrons. The maximum atomic E-state index is 11.1. The van der Waals surface area contributed by atoms with Crippen LogP contribution >= 0.6 is 0 Å². The van der Waals surface area contributed by atoms with Crippen molar-refractivity contribution in [3.05, 3.63) is 0 Å². The molecule has 0 aliphatic heterocycles. The zero-order chi connectivity index (χ0) is 12.2.